The Morgan fingerprint density at radius 3 is 2.90 bits per heavy atom. The number of nitrogens with one attached hydrogen (secondary N) is 1. The van der Waals surface area contributed by atoms with Crippen LogP contribution in [-0.4, -0.2) is 39.2 Å². The molecule has 4 heterocycles. The molecule has 3 aromatic heterocycles. The molecule has 2 aliphatic rings. The average molecular weight is 404 g/mol. The predicted molar refractivity (Wildman–Crippen MR) is 112 cm³/mol. The van der Waals surface area contributed by atoms with Gasteiger partial charge in [0.05, 0.1) is 0 Å². The summed E-state index contributed by atoms with van der Waals surface area (Å²) in [6.45, 7) is 1.72. The molecule has 7 nitrogen and oxygen atoms in total. The van der Waals surface area contributed by atoms with Crippen LogP contribution < -0.4 is 5.32 Å². The molecule has 7 heteroatoms. The second-order valence-electron chi connectivity index (χ2n) is 8.04. The van der Waals surface area contributed by atoms with Crippen molar-refractivity contribution in [1.29, 1.82) is 0 Å². The summed E-state index contributed by atoms with van der Waals surface area (Å²) in [5, 5.41) is 2.89. The van der Waals surface area contributed by atoms with Crippen molar-refractivity contribution in [3.8, 4) is 0 Å². The van der Waals surface area contributed by atoms with Crippen molar-refractivity contribution in [2.45, 2.75) is 32.2 Å². The van der Waals surface area contributed by atoms with Gasteiger partial charge in [-0.15, -0.1) is 0 Å². The van der Waals surface area contributed by atoms with Gasteiger partial charge in [0.15, 0.2) is 5.76 Å². The first-order valence-electron chi connectivity index (χ1n) is 10.4. The molecule has 1 N–H and O–H groups in total. The highest BCUT2D eigenvalue weighted by Crippen LogP contribution is 2.33. The lowest BCUT2D eigenvalue weighted by Crippen LogP contribution is -2.34. The molecular formula is C23H24N4O3. The van der Waals surface area contributed by atoms with E-state index in [4.69, 9.17) is 4.42 Å². The predicted octanol–water partition coefficient (Wildman–Crippen LogP) is 3.27. The van der Waals surface area contributed by atoms with Gasteiger partial charge in [-0.1, -0.05) is 6.08 Å². The fourth-order valence-electron chi connectivity index (χ4n) is 3.78. The maximum absolute atomic E-state index is 12.5. The van der Waals surface area contributed by atoms with Gasteiger partial charge in [0.2, 0.25) is 5.91 Å². The Morgan fingerprint density at radius 2 is 2.10 bits per heavy atom. The van der Waals surface area contributed by atoms with E-state index in [1.54, 1.807) is 12.3 Å². The molecule has 0 bridgehead atoms. The van der Waals surface area contributed by atoms with Gasteiger partial charge in [-0.05, 0) is 60.6 Å². The van der Waals surface area contributed by atoms with Crippen LogP contribution in [0.15, 0.2) is 53.3 Å². The molecule has 30 heavy (non-hydrogen) atoms. The second kappa shape index (κ2) is 7.82. The first-order chi connectivity index (χ1) is 14.7. The standard InChI is InChI=1S/C23H24N4O3/c28-22(14-16-1-2-16)27-10-6-18(7-11-27)19-3-4-20(30-19)23(29)25-15-17-5-9-26-12-8-24-21(26)13-17/h3-6,8-9,12-13,16H,1-2,7,10-11,14-15H2,(H,25,29). The number of aromatic nitrogens is 2. The van der Waals surface area contributed by atoms with Crippen molar-refractivity contribution in [3.63, 3.8) is 0 Å². The number of pyridine rings is 1. The maximum atomic E-state index is 12.5. The van der Waals surface area contributed by atoms with Gasteiger partial charge in [0.1, 0.15) is 11.4 Å². The summed E-state index contributed by atoms with van der Waals surface area (Å²) in [6.07, 6.45) is 11.4. The van der Waals surface area contributed by atoms with E-state index in [1.165, 1.54) is 12.8 Å². The number of carbonyl (C=O) groups is 2. The number of hydrogen-bond acceptors (Lipinski definition) is 4. The van der Waals surface area contributed by atoms with E-state index < -0.39 is 0 Å². The van der Waals surface area contributed by atoms with E-state index in [0.717, 1.165) is 23.2 Å². The maximum Gasteiger partial charge on any atom is 0.287 e. The molecular weight excluding hydrogens is 380 g/mol. The zero-order chi connectivity index (χ0) is 20.5. The summed E-state index contributed by atoms with van der Waals surface area (Å²) < 4.78 is 7.72. The van der Waals surface area contributed by atoms with Gasteiger partial charge in [-0.25, -0.2) is 4.98 Å². The molecule has 2 amide bonds. The summed E-state index contributed by atoms with van der Waals surface area (Å²) >= 11 is 0. The van der Waals surface area contributed by atoms with Crippen LogP contribution in [0.4, 0.5) is 0 Å². The van der Waals surface area contributed by atoms with Crippen molar-refractivity contribution in [3.05, 3.63) is 66.0 Å². The van der Waals surface area contributed by atoms with Gasteiger partial charge in [-0.3, -0.25) is 9.59 Å². The third kappa shape index (κ3) is 4.01. The molecule has 0 aromatic carbocycles. The van der Waals surface area contributed by atoms with E-state index >= 15 is 0 Å². The molecule has 1 saturated carbocycles. The first kappa shape index (κ1) is 18.7. The topological polar surface area (TPSA) is 79.9 Å². The van der Waals surface area contributed by atoms with Crippen LogP contribution in [0.5, 0.6) is 0 Å². The van der Waals surface area contributed by atoms with Crippen LogP contribution in [0.25, 0.3) is 11.2 Å². The van der Waals surface area contributed by atoms with Crippen molar-refractivity contribution in [1.82, 2.24) is 19.6 Å². The molecule has 3 aromatic rings. The van der Waals surface area contributed by atoms with Gasteiger partial charge >= 0.3 is 0 Å². The number of nitrogens with zero attached hydrogens (tertiary/aromatic N) is 3. The van der Waals surface area contributed by atoms with Crippen molar-refractivity contribution >= 4 is 23.0 Å². The van der Waals surface area contributed by atoms with Gasteiger partial charge in [0, 0.05) is 44.6 Å². The summed E-state index contributed by atoms with van der Waals surface area (Å²) in [4.78, 5) is 30.9. The first-order valence-corrected chi connectivity index (χ1v) is 10.4. The Hall–Kier alpha value is -3.35. The van der Waals surface area contributed by atoms with Gasteiger partial charge in [-0.2, -0.15) is 0 Å². The van der Waals surface area contributed by atoms with Crippen LogP contribution in [0.2, 0.25) is 0 Å². The van der Waals surface area contributed by atoms with Crippen molar-refractivity contribution in [2.24, 2.45) is 5.92 Å². The highest BCUT2D eigenvalue weighted by molar-refractivity contribution is 5.91. The number of rotatable bonds is 6. The fraction of sp³-hybridized carbons (Fsp3) is 0.348. The van der Waals surface area contributed by atoms with E-state index in [2.05, 4.69) is 10.3 Å². The third-order valence-corrected chi connectivity index (χ3v) is 5.78. The zero-order valence-electron chi connectivity index (χ0n) is 16.7. The molecule has 1 aliphatic carbocycles. The number of imidazole rings is 1. The number of carbonyl (C=O) groups excluding carboxylic acids is 2. The van der Waals surface area contributed by atoms with E-state index in [1.807, 2.05) is 46.0 Å². The highest BCUT2D eigenvalue weighted by Gasteiger charge is 2.28. The smallest absolute Gasteiger partial charge is 0.287 e. The summed E-state index contributed by atoms with van der Waals surface area (Å²) in [5.41, 5.74) is 2.87. The Balaban J connectivity index is 1.18. The lowest BCUT2D eigenvalue weighted by Gasteiger charge is -2.26. The van der Waals surface area contributed by atoms with Crippen LogP contribution in [0, 0.1) is 5.92 Å². The number of furan rings is 1. The number of fused-ring (bicyclic) bond motifs is 1. The zero-order valence-corrected chi connectivity index (χ0v) is 16.7. The molecule has 154 valence electrons. The molecule has 1 aliphatic heterocycles. The lowest BCUT2D eigenvalue weighted by molar-refractivity contribution is -0.131. The van der Waals surface area contributed by atoms with Gasteiger partial charge < -0.3 is 19.0 Å². The molecule has 0 unspecified atom stereocenters. The molecule has 0 saturated heterocycles. The van der Waals surface area contributed by atoms with Gasteiger partial charge in [0.25, 0.3) is 5.91 Å². The molecule has 0 radical (unpaired) electrons. The monoisotopic (exact) mass is 404 g/mol. The van der Waals surface area contributed by atoms with Crippen LogP contribution in [0.1, 0.15) is 47.6 Å². The number of hydrogen-bond donors (Lipinski definition) is 1. The van der Waals surface area contributed by atoms with E-state index in [9.17, 15) is 9.59 Å². The fourth-order valence-corrected chi connectivity index (χ4v) is 3.78. The van der Waals surface area contributed by atoms with Crippen LogP contribution in [-0.2, 0) is 11.3 Å². The molecule has 0 atom stereocenters. The minimum atomic E-state index is -0.248. The van der Waals surface area contributed by atoms with E-state index in [0.29, 0.717) is 43.5 Å². The molecule has 1 fully saturated rings. The quantitative estimate of drug-likeness (QED) is 0.684. The summed E-state index contributed by atoms with van der Waals surface area (Å²) in [6, 6.07) is 7.43. The Bertz CT molecular complexity index is 1120. The summed E-state index contributed by atoms with van der Waals surface area (Å²) in [7, 11) is 0. The largest absolute Gasteiger partial charge is 0.451 e. The van der Waals surface area contributed by atoms with Crippen LogP contribution in [0.3, 0.4) is 0 Å². The molecule has 5 rings (SSSR count). The minimum Gasteiger partial charge on any atom is -0.451 e. The third-order valence-electron chi connectivity index (χ3n) is 5.78. The Morgan fingerprint density at radius 1 is 1.20 bits per heavy atom. The van der Waals surface area contributed by atoms with Crippen molar-refractivity contribution < 1.29 is 14.0 Å². The summed E-state index contributed by atoms with van der Waals surface area (Å²) in [5.74, 6) is 1.60. The molecule has 0 spiro atoms. The number of amides is 2. The Kier molecular flexibility index (Phi) is 4.86. The van der Waals surface area contributed by atoms with Crippen molar-refractivity contribution in [2.75, 3.05) is 13.1 Å². The van der Waals surface area contributed by atoms with Crippen LogP contribution >= 0.6 is 0 Å². The normalized spacial score (nSPS) is 16.5. The lowest BCUT2D eigenvalue weighted by atomic mass is 10.1. The second-order valence-corrected chi connectivity index (χ2v) is 8.04. The SMILES string of the molecule is O=C(NCc1ccn2ccnc2c1)c1ccc(C2=CCN(C(=O)CC3CC3)CC2)o1. The average Bonchev–Trinajstić information content (AvgIpc) is 3.26. The minimum absolute atomic E-state index is 0.248. The highest BCUT2D eigenvalue weighted by atomic mass is 16.4. The Labute approximate surface area is 174 Å². The van der Waals surface area contributed by atoms with E-state index in [-0.39, 0.29) is 11.8 Å².